The predicted octanol–water partition coefficient (Wildman–Crippen LogP) is 6.60. The second-order valence-corrected chi connectivity index (χ2v) is 14.0. The first-order chi connectivity index (χ1) is 18.0. The predicted molar refractivity (Wildman–Crippen MR) is 154 cm³/mol. The molecule has 0 N–H and O–H groups in total. The Morgan fingerprint density at radius 1 is 1.11 bits per heavy atom. The molecule has 0 bridgehead atoms. The van der Waals surface area contributed by atoms with E-state index in [1.165, 1.54) is 9.15 Å². The number of hydrogen-bond acceptors (Lipinski definition) is 6. The number of hydrogen-bond donors (Lipinski definition) is 0. The lowest BCUT2D eigenvalue weighted by Gasteiger charge is -2.60. The number of carbonyl (C=O) groups excluding carboxylic acids is 1. The molecule has 0 radical (unpaired) electrons. The van der Waals surface area contributed by atoms with Gasteiger partial charge in [-0.3, -0.25) is 0 Å². The zero-order valence-electron chi connectivity index (χ0n) is 23.6. The first kappa shape index (κ1) is 28.7. The Morgan fingerprint density at radius 3 is 2.55 bits per heavy atom. The van der Waals surface area contributed by atoms with Crippen LogP contribution in [0.25, 0.3) is 0 Å². The van der Waals surface area contributed by atoms with E-state index in [1.807, 2.05) is 44.2 Å². The van der Waals surface area contributed by atoms with Crippen LogP contribution in [-0.2, 0) is 35.1 Å². The Labute approximate surface area is 241 Å². The SMILES string of the molecule is CC1=C(I)C(C)(C)[C@]2(CC1)OCO[C@H]2[C@@H]1[C@H]2COC(C)(C)O[C@H]2CC[C@@]1(C)[C@H](C=O)OCc1ccccc1. The van der Waals surface area contributed by atoms with Crippen molar-refractivity contribution in [1.29, 1.82) is 0 Å². The maximum absolute atomic E-state index is 12.8. The van der Waals surface area contributed by atoms with Gasteiger partial charge in [0.15, 0.2) is 5.79 Å². The molecule has 4 aliphatic rings. The summed E-state index contributed by atoms with van der Waals surface area (Å²) in [6, 6.07) is 10.1. The van der Waals surface area contributed by atoms with Crippen LogP contribution in [0.2, 0.25) is 0 Å². The minimum Gasteiger partial charge on any atom is -0.365 e. The number of carbonyl (C=O) groups is 1. The molecule has 7 heteroatoms. The van der Waals surface area contributed by atoms with Gasteiger partial charge in [0.25, 0.3) is 0 Å². The third-order valence-electron chi connectivity index (χ3n) is 9.97. The Bertz CT molecular complexity index is 1050. The lowest BCUT2D eigenvalue weighted by molar-refractivity contribution is -0.324. The summed E-state index contributed by atoms with van der Waals surface area (Å²) in [6.07, 6.45) is 3.74. The van der Waals surface area contributed by atoms with Crippen molar-refractivity contribution in [3.8, 4) is 0 Å². The second kappa shape index (κ2) is 10.5. The minimum absolute atomic E-state index is 0.0301. The molecule has 2 aliphatic heterocycles. The Balaban J connectivity index is 1.55. The number of halogens is 1. The highest BCUT2D eigenvalue weighted by molar-refractivity contribution is 14.1. The van der Waals surface area contributed by atoms with E-state index in [1.54, 1.807) is 0 Å². The van der Waals surface area contributed by atoms with E-state index in [9.17, 15) is 4.79 Å². The van der Waals surface area contributed by atoms with Gasteiger partial charge in [-0.15, -0.1) is 0 Å². The number of benzene rings is 1. The molecule has 210 valence electrons. The summed E-state index contributed by atoms with van der Waals surface area (Å²) in [7, 11) is 0. The number of rotatable bonds is 6. The number of aldehydes is 1. The molecule has 5 rings (SSSR count). The highest BCUT2D eigenvalue weighted by atomic mass is 127. The summed E-state index contributed by atoms with van der Waals surface area (Å²) < 4.78 is 33.9. The third kappa shape index (κ3) is 4.73. The van der Waals surface area contributed by atoms with Crippen molar-refractivity contribution in [2.24, 2.45) is 22.7 Å². The van der Waals surface area contributed by atoms with Crippen molar-refractivity contribution < 1.29 is 28.5 Å². The van der Waals surface area contributed by atoms with Gasteiger partial charge in [0.2, 0.25) is 0 Å². The topological polar surface area (TPSA) is 63.2 Å². The van der Waals surface area contributed by atoms with Crippen LogP contribution in [0.1, 0.15) is 72.8 Å². The normalized spacial score (nSPS) is 39.1. The van der Waals surface area contributed by atoms with E-state index in [4.69, 9.17) is 23.7 Å². The molecule has 3 fully saturated rings. The molecule has 7 atom stereocenters. The first-order valence-corrected chi connectivity index (χ1v) is 15.1. The van der Waals surface area contributed by atoms with Crippen LogP contribution >= 0.6 is 22.6 Å². The molecular formula is C31H43IO6. The van der Waals surface area contributed by atoms with E-state index in [0.717, 1.165) is 37.5 Å². The van der Waals surface area contributed by atoms with Crippen LogP contribution in [0, 0.1) is 22.7 Å². The maximum Gasteiger partial charge on any atom is 0.163 e. The van der Waals surface area contributed by atoms with Gasteiger partial charge in [-0.05, 0) is 78.2 Å². The van der Waals surface area contributed by atoms with Crippen molar-refractivity contribution in [2.45, 2.75) is 104 Å². The molecule has 1 aromatic carbocycles. The fourth-order valence-corrected chi connectivity index (χ4v) is 8.47. The van der Waals surface area contributed by atoms with Crippen molar-refractivity contribution in [3.63, 3.8) is 0 Å². The van der Waals surface area contributed by atoms with Gasteiger partial charge in [-0.2, -0.15) is 0 Å². The van der Waals surface area contributed by atoms with Crippen molar-refractivity contribution in [1.82, 2.24) is 0 Å². The van der Waals surface area contributed by atoms with E-state index < -0.39 is 22.9 Å². The minimum atomic E-state index is -0.628. The van der Waals surface area contributed by atoms with E-state index in [-0.39, 0.29) is 36.3 Å². The van der Waals surface area contributed by atoms with Crippen LogP contribution in [0.15, 0.2) is 39.5 Å². The quantitative estimate of drug-likeness (QED) is 0.259. The van der Waals surface area contributed by atoms with Crippen LogP contribution < -0.4 is 0 Å². The van der Waals surface area contributed by atoms with Crippen molar-refractivity contribution in [3.05, 3.63) is 45.0 Å². The maximum atomic E-state index is 12.8. The zero-order chi connectivity index (χ0) is 27.3. The lowest BCUT2D eigenvalue weighted by atomic mass is 9.52. The average Bonchev–Trinajstić information content (AvgIpc) is 3.31. The second-order valence-electron chi connectivity index (χ2n) is 12.9. The standard InChI is InChI=1S/C31H43IO6/c1-20-12-15-31(28(2,3)26(20)32)27(35-19-37-31)25-22-18-36-29(4,5)38-23(22)13-14-30(25,6)24(16-33)34-17-21-10-8-7-9-11-21/h7-11,16,22-25,27H,12-15,17-19H2,1-6H3/t22-,23-,24-,25-,27-,30-,31+/m0/s1. The monoisotopic (exact) mass is 638 g/mol. The molecule has 38 heavy (non-hydrogen) atoms. The van der Waals surface area contributed by atoms with Gasteiger partial charge in [0.1, 0.15) is 24.8 Å². The van der Waals surface area contributed by atoms with Gasteiger partial charge in [0, 0.05) is 22.7 Å². The van der Waals surface area contributed by atoms with Crippen molar-refractivity contribution >= 4 is 28.9 Å². The van der Waals surface area contributed by atoms with Gasteiger partial charge in [-0.25, -0.2) is 0 Å². The Hall–Kier alpha value is -0.840. The lowest BCUT2D eigenvalue weighted by Crippen LogP contribution is -2.66. The van der Waals surface area contributed by atoms with Gasteiger partial charge < -0.3 is 28.5 Å². The highest BCUT2D eigenvalue weighted by Gasteiger charge is 2.67. The van der Waals surface area contributed by atoms with E-state index in [0.29, 0.717) is 13.2 Å². The Kier molecular flexibility index (Phi) is 7.95. The highest BCUT2D eigenvalue weighted by Crippen LogP contribution is 2.62. The molecule has 1 aromatic rings. The summed E-state index contributed by atoms with van der Waals surface area (Å²) in [6.45, 7) is 14.2. The van der Waals surface area contributed by atoms with Crippen LogP contribution in [0.5, 0.6) is 0 Å². The first-order valence-electron chi connectivity index (χ1n) is 14.0. The van der Waals surface area contributed by atoms with Crippen LogP contribution in [-0.4, -0.2) is 49.4 Å². The number of allylic oxidation sites excluding steroid dienone is 1. The molecule has 2 heterocycles. The Morgan fingerprint density at radius 2 is 1.84 bits per heavy atom. The smallest absolute Gasteiger partial charge is 0.163 e. The summed E-state index contributed by atoms with van der Waals surface area (Å²) in [5.74, 6) is -0.613. The molecule has 0 amide bonds. The van der Waals surface area contributed by atoms with Crippen LogP contribution in [0.3, 0.4) is 0 Å². The van der Waals surface area contributed by atoms with E-state index in [2.05, 4.69) is 50.3 Å². The fraction of sp³-hybridized carbons (Fsp3) is 0.710. The molecule has 0 unspecified atom stereocenters. The summed E-state index contributed by atoms with van der Waals surface area (Å²) in [4.78, 5) is 12.8. The molecule has 1 saturated carbocycles. The third-order valence-corrected chi connectivity index (χ3v) is 12.2. The fourth-order valence-electron chi connectivity index (χ4n) is 7.74. The molecule has 2 saturated heterocycles. The summed E-state index contributed by atoms with van der Waals surface area (Å²) in [5, 5.41) is 0. The van der Waals surface area contributed by atoms with Gasteiger partial charge in [-0.1, -0.05) is 56.7 Å². The average molecular weight is 639 g/mol. The summed E-state index contributed by atoms with van der Waals surface area (Å²) >= 11 is 2.51. The molecule has 2 aliphatic carbocycles. The molecular weight excluding hydrogens is 595 g/mol. The number of ether oxygens (including phenoxy) is 5. The van der Waals surface area contributed by atoms with Crippen LogP contribution in [0.4, 0.5) is 0 Å². The summed E-state index contributed by atoms with van der Waals surface area (Å²) in [5.41, 5.74) is 1.26. The zero-order valence-corrected chi connectivity index (χ0v) is 25.8. The van der Waals surface area contributed by atoms with Gasteiger partial charge >= 0.3 is 0 Å². The molecule has 6 nitrogen and oxygen atoms in total. The van der Waals surface area contributed by atoms with Gasteiger partial charge in [0.05, 0.1) is 25.4 Å². The van der Waals surface area contributed by atoms with E-state index >= 15 is 0 Å². The number of fused-ring (bicyclic) bond motifs is 1. The van der Waals surface area contributed by atoms with Crippen molar-refractivity contribution in [2.75, 3.05) is 13.4 Å². The molecule has 0 aromatic heterocycles. The largest absolute Gasteiger partial charge is 0.365 e. The molecule has 1 spiro atoms.